The minimum Gasteiger partial charge on any atom is -0.492 e. The second-order valence-corrected chi connectivity index (χ2v) is 9.55. The number of ether oxygens (including phenoxy) is 1. The fourth-order valence-electron chi connectivity index (χ4n) is 4.52. The highest BCUT2D eigenvalue weighted by Crippen LogP contribution is 2.46. The lowest BCUT2D eigenvalue weighted by molar-refractivity contribution is -0.137. The van der Waals surface area contributed by atoms with Crippen molar-refractivity contribution in [2.24, 2.45) is 0 Å². The van der Waals surface area contributed by atoms with Crippen molar-refractivity contribution in [1.29, 1.82) is 0 Å². The summed E-state index contributed by atoms with van der Waals surface area (Å²) < 4.78 is 44.5. The van der Waals surface area contributed by atoms with Crippen molar-refractivity contribution in [3.8, 4) is 5.75 Å². The van der Waals surface area contributed by atoms with Crippen molar-refractivity contribution < 1.29 is 17.9 Å². The maximum absolute atomic E-state index is 12.9. The molecule has 0 saturated carbocycles. The second-order valence-electron chi connectivity index (χ2n) is 8.21. The Bertz CT molecular complexity index is 858. The van der Waals surface area contributed by atoms with E-state index in [0.717, 1.165) is 50.1 Å². The van der Waals surface area contributed by atoms with Crippen molar-refractivity contribution >= 4 is 17.6 Å². The van der Waals surface area contributed by atoms with Gasteiger partial charge < -0.3 is 9.64 Å². The summed E-state index contributed by atoms with van der Waals surface area (Å²) in [7, 11) is 0. The van der Waals surface area contributed by atoms with E-state index in [0.29, 0.717) is 29.8 Å². The summed E-state index contributed by atoms with van der Waals surface area (Å²) >= 11 is 1.88. The summed E-state index contributed by atoms with van der Waals surface area (Å²) in [5.41, 5.74) is 0.497. The summed E-state index contributed by atoms with van der Waals surface area (Å²) in [5, 5.41) is 0.472. The van der Waals surface area contributed by atoms with Crippen LogP contribution in [-0.4, -0.2) is 28.9 Å². The molecule has 0 N–H and O–H groups in total. The van der Waals surface area contributed by atoms with Gasteiger partial charge in [0.05, 0.1) is 12.2 Å². The van der Waals surface area contributed by atoms with Gasteiger partial charge in [0.2, 0.25) is 0 Å². The topological polar surface area (TPSA) is 25.4 Å². The molecule has 2 bridgehead atoms. The van der Waals surface area contributed by atoms with Crippen LogP contribution in [0.5, 0.6) is 5.75 Å². The molecule has 0 aliphatic carbocycles. The SMILES string of the molecule is CCCOc1cc(C)ccc1S[C@H]1C[C@H]2CC[C@@H](C1)N2c1ccc(C(F)(F)F)cn1. The Kier molecular flexibility index (Phi) is 6.19. The third-order valence-electron chi connectivity index (χ3n) is 5.88. The molecule has 162 valence electrons. The number of alkyl halides is 3. The average molecular weight is 437 g/mol. The van der Waals surface area contributed by atoms with E-state index >= 15 is 0 Å². The van der Waals surface area contributed by atoms with Gasteiger partial charge in [-0.2, -0.15) is 13.2 Å². The molecule has 1 aromatic heterocycles. The van der Waals surface area contributed by atoms with Gasteiger partial charge in [-0.1, -0.05) is 13.0 Å². The quantitative estimate of drug-likeness (QED) is 0.517. The Morgan fingerprint density at radius 2 is 1.87 bits per heavy atom. The van der Waals surface area contributed by atoms with Crippen LogP contribution >= 0.6 is 11.8 Å². The molecule has 0 amide bonds. The first-order chi connectivity index (χ1) is 14.3. The maximum atomic E-state index is 12.9. The molecule has 0 radical (unpaired) electrons. The van der Waals surface area contributed by atoms with E-state index in [1.165, 1.54) is 16.5 Å². The van der Waals surface area contributed by atoms with Gasteiger partial charge in [0.25, 0.3) is 0 Å². The van der Waals surface area contributed by atoms with Gasteiger partial charge in [0.1, 0.15) is 11.6 Å². The highest BCUT2D eigenvalue weighted by Gasteiger charge is 2.42. The molecular formula is C23H27F3N2OS. The van der Waals surface area contributed by atoms with Crippen LogP contribution in [0.1, 0.15) is 50.2 Å². The zero-order valence-corrected chi connectivity index (χ0v) is 18.1. The number of nitrogens with zero attached hydrogens (tertiary/aromatic N) is 2. The molecule has 2 aliphatic rings. The van der Waals surface area contributed by atoms with Crippen LogP contribution in [0.15, 0.2) is 41.4 Å². The average Bonchev–Trinajstić information content (AvgIpc) is 2.98. The molecule has 3 nitrogen and oxygen atoms in total. The van der Waals surface area contributed by atoms with E-state index in [2.05, 4.69) is 41.9 Å². The molecule has 30 heavy (non-hydrogen) atoms. The lowest BCUT2D eigenvalue weighted by Crippen LogP contribution is -2.44. The number of hydrogen-bond acceptors (Lipinski definition) is 4. The normalized spacial score (nSPS) is 23.6. The lowest BCUT2D eigenvalue weighted by atomic mass is 10.0. The minimum absolute atomic E-state index is 0.330. The molecule has 1 aromatic carbocycles. The van der Waals surface area contributed by atoms with Crippen LogP contribution in [0.3, 0.4) is 0 Å². The molecule has 7 heteroatoms. The van der Waals surface area contributed by atoms with Gasteiger partial charge in [-0.05, 0) is 68.9 Å². The molecule has 4 rings (SSSR count). The maximum Gasteiger partial charge on any atom is 0.417 e. The van der Waals surface area contributed by atoms with E-state index in [1.54, 1.807) is 0 Å². The van der Waals surface area contributed by atoms with Gasteiger partial charge in [-0.3, -0.25) is 0 Å². The second kappa shape index (κ2) is 8.69. The molecule has 0 unspecified atom stereocenters. The van der Waals surface area contributed by atoms with Crippen LogP contribution < -0.4 is 9.64 Å². The highest BCUT2D eigenvalue weighted by atomic mass is 32.2. The Labute approximate surface area is 180 Å². The minimum atomic E-state index is -4.35. The number of aromatic nitrogens is 1. The van der Waals surface area contributed by atoms with Crippen LogP contribution in [-0.2, 0) is 6.18 Å². The number of hydrogen-bond donors (Lipinski definition) is 0. The van der Waals surface area contributed by atoms with Gasteiger partial charge in [0.15, 0.2) is 0 Å². The lowest BCUT2D eigenvalue weighted by Gasteiger charge is -2.39. The van der Waals surface area contributed by atoms with Crippen molar-refractivity contribution in [2.75, 3.05) is 11.5 Å². The summed E-state index contributed by atoms with van der Waals surface area (Å²) in [6.07, 6.45) is 1.73. The van der Waals surface area contributed by atoms with Gasteiger partial charge >= 0.3 is 6.18 Å². The number of pyridine rings is 1. The zero-order chi connectivity index (χ0) is 21.3. The van der Waals surface area contributed by atoms with Gasteiger partial charge in [0, 0.05) is 28.4 Å². The standard InChI is InChI=1S/C23H27F3N2OS/c1-3-10-29-20-11-15(2)4-8-21(20)30-19-12-17-6-7-18(13-19)28(17)22-9-5-16(14-27-22)23(24,25)26/h4-5,8-9,11,14,17-19H,3,6-7,10,12-13H2,1-2H3/t17-,18+,19+. The number of thioether (sulfide) groups is 1. The van der Waals surface area contributed by atoms with Gasteiger partial charge in [-0.25, -0.2) is 4.98 Å². The fraction of sp³-hybridized carbons (Fsp3) is 0.522. The monoisotopic (exact) mass is 436 g/mol. The number of anilines is 1. The first-order valence-electron chi connectivity index (χ1n) is 10.6. The summed E-state index contributed by atoms with van der Waals surface area (Å²) in [6, 6.07) is 9.71. The summed E-state index contributed by atoms with van der Waals surface area (Å²) in [4.78, 5) is 7.59. The molecule has 2 aromatic rings. The van der Waals surface area contributed by atoms with Crippen LogP contribution in [0, 0.1) is 6.92 Å². The molecular weight excluding hydrogens is 409 g/mol. The molecule has 3 atom stereocenters. The van der Waals surface area contributed by atoms with Crippen molar-refractivity contribution in [3.63, 3.8) is 0 Å². The Balaban J connectivity index is 1.46. The molecule has 2 aliphatic heterocycles. The zero-order valence-electron chi connectivity index (χ0n) is 17.3. The first kappa shape index (κ1) is 21.3. The van der Waals surface area contributed by atoms with Gasteiger partial charge in [-0.15, -0.1) is 11.8 Å². The van der Waals surface area contributed by atoms with Crippen molar-refractivity contribution in [3.05, 3.63) is 47.7 Å². The van der Waals surface area contributed by atoms with E-state index in [-0.39, 0.29) is 0 Å². The third-order valence-corrected chi connectivity index (χ3v) is 7.19. The number of halogens is 3. The van der Waals surface area contributed by atoms with Crippen LogP contribution in [0.4, 0.5) is 19.0 Å². The predicted molar refractivity (Wildman–Crippen MR) is 114 cm³/mol. The summed E-state index contributed by atoms with van der Waals surface area (Å²) in [6.45, 7) is 4.88. The first-order valence-corrected chi connectivity index (χ1v) is 11.4. The Morgan fingerprint density at radius 1 is 1.13 bits per heavy atom. The molecule has 2 fully saturated rings. The number of benzene rings is 1. The number of piperidine rings is 1. The Hall–Kier alpha value is -1.89. The number of rotatable bonds is 6. The third kappa shape index (κ3) is 4.56. The van der Waals surface area contributed by atoms with E-state index < -0.39 is 11.7 Å². The van der Waals surface area contributed by atoms with Crippen LogP contribution in [0.2, 0.25) is 0 Å². The number of aryl methyl sites for hydroxylation is 1. The fourth-order valence-corrected chi connectivity index (χ4v) is 5.90. The molecule has 2 saturated heterocycles. The van der Waals surface area contributed by atoms with Crippen molar-refractivity contribution in [2.45, 2.75) is 74.4 Å². The number of fused-ring (bicyclic) bond motifs is 2. The van der Waals surface area contributed by atoms with Crippen LogP contribution in [0.25, 0.3) is 0 Å². The molecule has 3 heterocycles. The Morgan fingerprint density at radius 3 is 2.47 bits per heavy atom. The van der Waals surface area contributed by atoms with Crippen molar-refractivity contribution in [1.82, 2.24) is 4.98 Å². The van der Waals surface area contributed by atoms with E-state index in [1.807, 2.05) is 11.8 Å². The largest absolute Gasteiger partial charge is 0.492 e. The molecule has 0 spiro atoms. The van der Waals surface area contributed by atoms with E-state index in [9.17, 15) is 13.2 Å². The highest BCUT2D eigenvalue weighted by molar-refractivity contribution is 8.00. The van der Waals surface area contributed by atoms with E-state index in [4.69, 9.17) is 4.74 Å². The smallest absolute Gasteiger partial charge is 0.417 e. The summed E-state index contributed by atoms with van der Waals surface area (Å²) in [5.74, 6) is 1.63. The predicted octanol–water partition coefficient (Wildman–Crippen LogP) is 6.49.